The molecule has 0 bridgehead atoms. The maximum absolute atomic E-state index is 5.23. The number of rotatable bonds is 12. The van der Waals surface area contributed by atoms with E-state index in [9.17, 15) is 0 Å². The number of nitrogens with zero attached hydrogens (tertiary/aromatic N) is 5. The second-order valence-electron chi connectivity index (χ2n) is 25.1. The zero-order valence-electron chi connectivity index (χ0n) is 54.6. The number of para-hydroxylation sites is 2. The molecule has 100 heavy (non-hydrogen) atoms. The number of hydrogen-bond acceptors (Lipinski definition) is 5. The molecule has 0 aliphatic rings. The Hall–Kier alpha value is -13.4. The van der Waals surface area contributed by atoms with Crippen LogP contribution in [-0.4, -0.2) is 24.9 Å². The zero-order chi connectivity index (χ0) is 66.6. The summed E-state index contributed by atoms with van der Waals surface area (Å²) >= 11 is 0. The molecule has 0 saturated heterocycles. The fraction of sp³-hybridized carbons (Fsp3) is 0. The summed E-state index contributed by atoms with van der Waals surface area (Å²) in [7, 11) is 0. The molecule has 0 spiro atoms. The molecule has 0 radical (unpaired) electrons. The standard InChI is InChI=1S/C48H32N2.C47H31N3/c1-3-10-33(11-4-1)35-18-20-37(21-19-35)40-27-29-47-44(31-40)43(32-48(50-47)39-24-22-36(23-25-39)34-12-5-2-6-13-34)41-15-9-16-42(30-41)46-28-26-38-14-7-8-17-45(38)49-46;1-3-9-32(10-4-1)34-15-17-36(18-16-34)39-24-26-44-42(29-39)41(30-47(50-44)38-21-19-35(20-22-38)33-11-5-2-6-12-33)40-25-27-45(48-31-40)46-28-23-37-13-7-8-14-43(37)49-46/h1-32H;1-31H. The van der Waals surface area contributed by atoms with E-state index >= 15 is 0 Å². The van der Waals surface area contributed by atoms with Crippen LogP contribution in [0.2, 0.25) is 0 Å². The second kappa shape index (κ2) is 27.0. The predicted molar refractivity (Wildman–Crippen MR) is 417 cm³/mol. The van der Waals surface area contributed by atoms with E-state index in [1.165, 1.54) is 50.1 Å². The number of aromatic nitrogens is 5. The Bertz CT molecular complexity index is 5950. The SMILES string of the molecule is c1ccc(-c2ccc(-c3ccc4nc(-c5ccc(-c6ccccc6)cc5)cc(-c5ccc(-c6ccc7ccccc7n6)nc5)c4c3)cc2)cc1.c1ccc(-c2ccc(-c3ccc4nc(-c5ccc(-c6ccccc6)cc5)cc(-c5cccc(-c6ccc7ccccc7n6)c5)c4c3)cc2)cc1. The molecule has 5 heterocycles. The minimum Gasteiger partial charge on any atom is -0.254 e. The molecule has 0 unspecified atom stereocenters. The van der Waals surface area contributed by atoms with E-state index in [1.54, 1.807) is 0 Å². The van der Waals surface area contributed by atoms with Gasteiger partial charge in [-0.3, -0.25) is 4.98 Å². The van der Waals surface area contributed by atoms with Crippen LogP contribution in [-0.2, 0) is 0 Å². The third-order valence-electron chi connectivity index (χ3n) is 18.8. The van der Waals surface area contributed by atoms with E-state index in [0.29, 0.717) is 0 Å². The highest BCUT2D eigenvalue weighted by molar-refractivity contribution is 6.01. The summed E-state index contributed by atoms with van der Waals surface area (Å²) in [5.74, 6) is 0. The molecular weight excluding hydrogens is 1210 g/mol. The summed E-state index contributed by atoms with van der Waals surface area (Å²) in [5.41, 5.74) is 30.2. The second-order valence-corrected chi connectivity index (χ2v) is 25.1. The van der Waals surface area contributed by atoms with E-state index in [4.69, 9.17) is 24.9 Å². The van der Waals surface area contributed by atoms with Crippen molar-refractivity contribution in [2.24, 2.45) is 0 Å². The fourth-order valence-electron chi connectivity index (χ4n) is 13.5. The Kier molecular flexibility index (Phi) is 16.3. The number of hydrogen-bond donors (Lipinski definition) is 0. The van der Waals surface area contributed by atoms with Crippen molar-refractivity contribution >= 4 is 43.6 Å². The van der Waals surface area contributed by atoms with Crippen molar-refractivity contribution in [3.05, 3.63) is 382 Å². The lowest BCUT2D eigenvalue weighted by atomic mass is 9.93. The first-order valence-corrected chi connectivity index (χ1v) is 33.8. The molecule has 5 heteroatoms. The highest BCUT2D eigenvalue weighted by atomic mass is 14.8. The summed E-state index contributed by atoms with van der Waals surface area (Å²) in [4.78, 5) is 25.2. The van der Waals surface area contributed by atoms with Crippen LogP contribution in [0.15, 0.2) is 382 Å². The number of pyridine rings is 5. The van der Waals surface area contributed by atoms with Crippen molar-refractivity contribution in [3.8, 4) is 134 Å². The van der Waals surface area contributed by atoms with Crippen molar-refractivity contribution < 1.29 is 0 Å². The van der Waals surface area contributed by atoms with Crippen LogP contribution in [0, 0.1) is 0 Å². The zero-order valence-corrected chi connectivity index (χ0v) is 54.6. The molecule has 468 valence electrons. The van der Waals surface area contributed by atoms with Gasteiger partial charge in [0.25, 0.3) is 0 Å². The highest BCUT2D eigenvalue weighted by Crippen LogP contribution is 2.40. The van der Waals surface area contributed by atoms with E-state index in [1.807, 2.05) is 48.7 Å². The van der Waals surface area contributed by atoms with Crippen LogP contribution in [0.3, 0.4) is 0 Å². The molecule has 0 amide bonds. The summed E-state index contributed by atoms with van der Waals surface area (Å²) in [6.45, 7) is 0. The molecule has 5 aromatic heterocycles. The van der Waals surface area contributed by atoms with Crippen molar-refractivity contribution in [2.75, 3.05) is 0 Å². The van der Waals surface area contributed by atoms with Gasteiger partial charge >= 0.3 is 0 Å². The Morgan fingerprint density at radius 3 is 0.890 bits per heavy atom. The summed E-state index contributed by atoms with van der Waals surface area (Å²) < 4.78 is 0. The maximum atomic E-state index is 5.23. The van der Waals surface area contributed by atoms with Crippen LogP contribution in [0.5, 0.6) is 0 Å². The van der Waals surface area contributed by atoms with Gasteiger partial charge in [0, 0.05) is 50.0 Å². The lowest BCUT2D eigenvalue weighted by Gasteiger charge is -2.14. The van der Waals surface area contributed by atoms with Crippen LogP contribution in [0.1, 0.15) is 0 Å². The van der Waals surface area contributed by atoms with Gasteiger partial charge in [-0.2, -0.15) is 0 Å². The first-order chi connectivity index (χ1) is 49.5. The van der Waals surface area contributed by atoms with Crippen LogP contribution >= 0.6 is 0 Å². The molecule has 0 atom stereocenters. The van der Waals surface area contributed by atoms with Gasteiger partial charge in [-0.25, -0.2) is 19.9 Å². The molecule has 18 aromatic rings. The third kappa shape index (κ3) is 12.6. The van der Waals surface area contributed by atoms with Gasteiger partial charge in [-0.05, 0) is 156 Å². The van der Waals surface area contributed by atoms with Gasteiger partial charge in [0.1, 0.15) is 0 Å². The number of benzene rings is 13. The molecule has 0 N–H and O–H groups in total. The molecule has 13 aromatic carbocycles. The van der Waals surface area contributed by atoms with E-state index in [2.05, 4.69) is 334 Å². The summed E-state index contributed by atoms with van der Waals surface area (Å²) in [6, 6.07) is 132. The van der Waals surface area contributed by atoms with Crippen molar-refractivity contribution in [1.29, 1.82) is 0 Å². The average Bonchev–Trinajstić information content (AvgIpc) is 0.773. The minimum atomic E-state index is 0.841. The predicted octanol–water partition coefficient (Wildman–Crippen LogP) is 25.0. The smallest absolute Gasteiger partial charge is 0.0893 e. The monoisotopic (exact) mass is 1270 g/mol. The molecule has 0 aliphatic carbocycles. The number of fused-ring (bicyclic) bond motifs is 4. The van der Waals surface area contributed by atoms with Gasteiger partial charge < -0.3 is 0 Å². The van der Waals surface area contributed by atoms with Crippen LogP contribution < -0.4 is 0 Å². The Balaban J connectivity index is 0.000000150. The minimum absolute atomic E-state index is 0.841. The Labute approximate surface area is 581 Å². The molecule has 0 fully saturated rings. The maximum Gasteiger partial charge on any atom is 0.0893 e. The Morgan fingerprint density at radius 1 is 0.150 bits per heavy atom. The molecular formula is C95H63N5. The average molecular weight is 1270 g/mol. The molecule has 18 rings (SSSR count). The van der Waals surface area contributed by atoms with Crippen molar-refractivity contribution in [2.45, 2.75) is 0 Å². The van der Waals surface area contributed by atoms with E-state index in [-0.39, 0.29) is 0 Å². The molecule has 0 saturated carbocycles. The van der Waals surface area contributed by atoms with Gasteiger partial charge in [-0.15, -0.1) is 0 Å². The van der Waals surface area contributed by atoms with Crippen LogP contribution in [0.25, 0.3) is 178 Å². The fourth-order valence-corrected chi connectivity index (χ4v) is 13.5. The topological polar surface area (TPSA) is 64.5 Å². The van der Waals surface area contributed by atoms with Gasteiger partial charge in [0.2, 0.25) is 0 Å². The van der Waals surface area contributed by atoms with Gasteiger partial charge in [0.05, 0.1) is 50.5 Å². The van der Waals surface area contributed by atoms with E-state index < -0.39 is 0 Å². The van der Waals surface area contributed by atoms with Crippen molar-refractivity contribution in [1.82, 2.24) is 24.9 Å². The molecule has 0 aliphatic heterocycles. The van der Waals surface area contributed by atoms with Crippen molar-refractivity contribution in [3.63, 3.8) is 0 Å². The van der Waals surface area contributed by atoms with E-state index in [0.717, 1.165) is 128 Å². The lowest BCUT2D eigenvalue weighted by Crippen LogP contribution is -1.93. The van der Waals surface area contributed by atoms with Crippen LogP contribution in [0.4, 0.5) is 0 Å². The third-order valence-corrected chi connectivity index (χ3v) is 18.8. The molecule has 5 nitrogen and oxygen atoms in total. The summed E-state index contributed by atoms with van der Waals surface area (Å²) in [5, 5.41) is 4.45. The first kappa shape index (κ1) is 60.3. The Morgan fingerprint density at radius 2 is 0.460 bits per heavy atom. The van der Waals surface area contributed by atoms with Gasteiger partial charge in [0.15, 0.2) is 0 Å². The summed E-state index contributed by atoms with van der Waals surface area (Å²) in [6.07, 6.45) is 1.96. The quantitative estimate of drug-likeness (QED) is 0.122. The largest absolute Gasteiger partial charge is 0.254 e. The highest BCUT2D eigenvalue weighted by Gasteiger charge is 2.17. The normalized spacial score (nSPS) is 11.2. The lowest BCUT2D eigenvalue weighted by molar-refractivity contribution is 1.28. The first-order valence-electron chi connectivity index (χ1n) is 33.8. The van der Waals surface area contributed by atoms with Gasteiger partial charge in [-0.1, -0.05) is 303 Å².